The van der Waals surface area contributed by atoms with Crippen molar-refractivity contribution in [1.82, 2.24) is 29.8 Å². The van der Waals surface area contributed by atoms with E-state index in [1.54, 1.807) is 17.1 Å². The van der Waals surface area contributed by atoms with E-state index < -0.39 is 0 Å². The Kier molecular flexibility index (Phi) is 5.17. The molecule has 3 aromatic heterocycles. The van der Waals surface area contributed by atoms with Crippen LogP contribution in [0.1, 0.15) is 62.4 Å². The van der Waals surface area contributed by atoms with Gasteiger partial charge in [-0.2, -0.15) is 10.1 Å². The van der Waals surface area contributed by atoms with Gasteiger partial charge in [0.2, 0.25) is 0 Å². The molecule has 4 rings (SSSR count). The minimum absolute atomic E-state index is 0.0440. The van der Waals surface area contributed by atoms with Crippen LogP contribution in [-0.2, 0) is 5.41 Å². The number of nitrogens with zero attached hydrogens (tertiary/aromatic N) is 6. The van der Waals surface area contributed by atoms with Crippen molar-refractivity contribution >= 4 is 5.91 Å². The molecule has 0 radical (unpaired) electrons. The van der Waals surface area contributed by atoms with Crippen LogP contribution < -0.4 is 0 Å². The van der Waals surface area contributed by atoms with Gasteiger partial charge in [0.05, 0.1) is 23.0 Å². The van der Waals surface area contributed by atoms with Crippen LogP contribution in [0, 0.1) is 12.8 Å². The molecule has 3 aromatic rings. The first-order chi connectivity index (χ1) is 14.2. The monoisotopic (exact) mass is 408 g/mol. The molecule has 1 fully saturated rings. The second-order valence-electron chi connectivity index (χ2n) is 9.13. The summed E-state index contributed by atoms with van der Waals surface area (Å²) in [6.45, 7) is 11.8. The summed E-state index contributed by atoms with van der Waals surface area (Å²) in [6, 6.07) is 3.71. The third-order valence-corrected chi connectivity index (χ3v) is 5.49. The van der Waals surface area contributed by atoms with Crippen LogP contribution in [-0.4, -0.2) is 48.8 Å². The number of likely N-dealkylation sites (tertiary alicyclic amines) is 1. The van der Waals surface area contributed by atoms with Gasteiger partial charge in [0, 0.05) is 24.7 Å². The van der Waals surface area contributed by atoms with Crippen molar-refractivity contribution < 1.29 is 9.32 Å². The van der Waals surface area contributed by atoms with Gasteiger partial charge in [-0.25, -0.2) is 9.67 Å². The second-order valence-corrected chi connectivity index (χ2v) is 9.13. The lowest BCUT2D eigenvalue weighted by molar-refractivity contribution is 0.0682. The fourth-order valence-electron chi connectivity index (χ4n) is 3.68. The van der Waals surface area contributed by atoms with Gasteiger partial charge in [-0.1, -0.05) is 32.9 Å². The fourth-order valence-corrected chi connectivity index (χ4v) is 3.68. The Bertz CT molecular complexity index is 1040. The lowest BCUT2D eigenvalue weighted by atomic mass is 9.96. The summed E-state index contributed by atoms with van der Waals surface area (Å²) < 4.78 is 7.08. The van der Waals surface area contributed by atoms with Crippen molar-refractivity contribution in [3.05, 3.63) is 41.6 Å². The molecular weight excluding hydrogens is 380 g/mol. The van der Waals surface area contributed by atoms with Crippen LogP contribution in [0.15, 0.2) is 29.0 Å². The number of piperidine rings is 1. The molecule has 0 spiro atoms. The Balaban J connectivity index is 1.55. The third-order valence-electron chi connectivity index (χ3n) is 5.49. The van der Waals surface area contributed by atoms with Crippen molar-refractivity contribution in [2.75, 3.05) is 13.1 Å². The van der Waals surface area contributed by atoms with Gasteiger partial charge in [-0.05, 0) is 37.8 Å². The van der Waals surface area contributed by atoms with Crippen molar-refractivity contribution in [1.29, 1.82) is 0 Å². The van der Waals surface area contributed by atoms with E-state index in [0.717, 1.165) is 30.8 Å². The molecule has 1 aliphatic rings. The van der Waals surface area contributed by atoms with Gasteiger partial charge in [-0.15, -0.1) is 0 Å². The van der Waals surface area contributed by atoms with Gasteiger partial charge in [0.15, 0.2) is 11.6 Å². The Morgan fingerprint density at radius 1 is 1.23 bits per heavy atom. The van der Waals surface area contributed by atoms with Crippen LogP contribution in [0.5, 0.6) is 0 Å². The normalized spacial score (nSPS) is 17.4. The largest absolute Gasteiger partial charge is 0.338 e. The molecule has 0 aromatic carbocycles. The van der Waals surface area contributed by atoms with Gasteiger partial charge in [0.25, 0.3) is 11.8 Å². The first kappa shape index (κ1) is 20.3. The second kappa shape index (κ2) is 7.66. The zero-order chi connectivity index (χ0) is 21.5. The minimum atomic E-state index is -0.184. The summed E-state index contributed by atoms with van der Waals surface area (Å²) in [6.07, 6.45) is 5.55. The summed E-state index contributed by atoms with van der Waals surface area (Å²) in [5.74, 6) is 2.31. The van der Waals surface area contributed by atoms with Crippen molar-refractivity contribution in [2.24, 2.45) is 5.92 Å². The van der Waals surface area contributed by atoms with Crippen LogP contribution in [0.25, 0.3) is 17.3 Å². The zero-order valence-corrected chi connectivity index (χ0v) is 18.2. The van der Waals surface area contributed by atoms with E-state index in [9.17, 15) is 4.79 Å². The zero-order valence-electron chi connectivity index (χ0n) is 18.2. The Morgan fingerprint density at radius 3 is 2.67 bits per heavy atom. The van der Waals surface area contributed by atoms with Crippen molar-refractivity contribution in [3.63, 3.8) is 0 Å². The maximum absolute atomic E-state index is 13.0. The molecule has 4 heterocycles. The number of pyridine rings is 1. The van der Waals surface area contributed by atoms with Crippen LogP contribution in [0.3, 0.4) is 0 Å². The lowest BCUT2D eigenvalue weighted by Gasteiger charge is -2.30. The van der Waals surface area contributed by atoms with Crippen LogP contribution >= 0.6 is 0 Å². The number of hydrogen-bond acceptors (Lipinski definition) is 6. The summed E-state index contributed by atoms with van der Waals surface area (Å²) in [7, 11) is 0. The standard InChI is InChI=1S/C22H28N6O2/c1-14-7-6-10-27(13-14)20(29)17-12-24-28(15(17)2)18-9-8-16(11-23-18)19-25-21(26-30-19)22(3,4)5/h8-9,11-12,14H,6-7,10,13H2,1-5H3/t14-/m0/s1. The van der Waals surface area contributed by atoms with Crippen LogP contribution in [0.4, 0.5) is 0 Å². The van der Waals surface area contributed by atoms with E-state index in [4.69, 9.17) is 4.52 Å². The molecular formula is C22H28N6O2. The van der Waals surface area contributed by atoms with Gasteiger partial charge < -0.3 is 9.42 Å². The van der Waals surface area contributed by atoms with E-state index in [2.05, 4.69) is 27.1 Å². The number of rotatable bonds is 3. The topological polar surface area (TPSA) is 89.9 Å². The summed E-state index contributed by atoms with van der Waals surface area (Å²) in [5.41, 5.74) is 1.97. The Hall–Kier alpha value is -3.03. The number of amides is 1. The Morgan fingerprint density at radius 2 is 2.03 bits per heavy atom. The number of carbonyl (C=O) groups excluding carboxylic acids is 1. The fraction of sp³-hybridized carbons (Fsp3) is 0.500. The highest BCUT2D eigenvalue weighted by atomic mass is 16.5. The molecule has 0 saturated carbocycles. The van der Waals surface area contributed by atoms with Gasteiger partial charge in [-0.3, -0.25) is 4.79 Å². The maximum Gasteiger partial charge on any atom is 0.259 e. The highest BCUT2D eigenvalue weighted by Crippen LogP contribution is 2.24. The molecule has 0 aliphatic carbocycles. The predicted molar refractivity (Wildman–Crippen MR) is 112 cm³/mol. The number of carbonyl (C=O) groups is 1. The molecule has 0 N–H and O–H groups in total. The Labute approximate surface area is 176 Å². The first-order valence-corrected chi connectivity index (χ1v) is 10.4. The molecule has 8 heteroatoms. The molecule has 1 saturated heterocycles. The minimum Gasteiger partial charge on any atom is -0.338 e. The lowest BCUT2D eigenvalue weighted by Crippen LogP contribution is -2.39. The average Bonchev–Trinajstić information content (AvgIpc) is 3.35. The molecule has 0 unspecified atom stereocenters. The number of hydrogen-bond donors (Lipinski definition) is 0. The summed E-state index contributed by atoms with van der Waals surface area (Å²) >= 11 is 0. The smallest absolute Gasteiger partial charge is 0.259 e. The van der Waals surface area contributed by atoms with Gasteiger partial charge >= 0.3 is 0 Å². The first-order valence-electron chi connectivity index (χ1n) is 10.4. The average molecular weight is 409 g/mol. The SMILES string of the molecule is Cc1c(C(=O)N2CCC[C@H](C)C2)cnn1-c1ccc(-c2nc(C(C)(C)C)no2)cn1. The van der Waals surface area contributed by atoms with E-state index in [-0.39, 0.29) is 11.3 Å². The molecule has 1 atom stereocenters. The maximum atomic E-state index is 13.0. The van der Waals surface area contributed by atoms with Crippen molar-refractivity contribution in [2.45, 2.75) is 52.9 Å². The van der Waals surface area contributed by atoms with E-state index >= 15 is 0 Å². The highest BCUT2D eigenvalue weighted by Gasteiger charge is 2.25. The third kappa shape index (κ3) is 3.86. The summed E-state index contributed by atoms with van der Waals surface area (Å²) in [4.78, 5) is 23.9. The molecule has 1 aliphatic heterocycles. The molecule has 158 valence electrons. The van der Waals surface area contributed by atoms with E-state index in [1.165, 1.54) is 6.42 Å². The quantitative estimate of drug-likeness (QED) is 0.655. The molecule has 30 heavy (non-hydrogen) atoms. The predicted octanol–water partition coefficient (Wildman–Crippen LogP) is 3.80. The van der Waals surface area contributed by atoms with E-state index in [0.29, 0.717) is 29.0 Å². The number of aromatic nitrogens is 5. The molecule has 8 nitrogen and oxygen atoms in total. The highest BCUT2D eigenvalue weighted by molar-refractivity contribution is 5.95. The van der Waals surface area contributed by atoms with Crippen LogP contribution in [0.2, 0.25) is 0 Å². The molecule has 0 bridgehead atoms. The van der Waals surface area contributed by atoms with E-state index in [1.807, 2.05) is 44.7 Å². The van der Waals surface area contributed by atoms with Gasteiger partial charge in [0.1, 0.15) is 0 Å². The molecule has 1 amide bonds. The summed E-state index contributed by atoms with van der Waals surface area (Å²) in [5, 5.41) is 8.47. The van der Waals surface area contributed by atoms with Crippen molar-refractivity contribution in [3.8, 4) is 17.3 Å².